The van der Waals surface area contributed by atoms with Crippen molar-refractivity contribution in [2.45, 2.75) is 38.7 Å². The van der Waals surface area contributed by atoms with Crippen LogP contribution < -0.4 is 9.64 Å². The number of anilines is 1. The molecule has 1 unspecified atom stereocenters. The Morgan fingerprint density at radius 2 is 2.17 bits per heavy atom. The van der Waals surface area contributed by atoms with Crippen molar-refractivity contribution in [3.05, 3.63) is 24.3 Å². The summed E-state index contributed by atoms with van der Waals surface area (Å²) >= 11 is 0. The number of amides is 1. The minimum Gasteiger partial charge on any atom is -0.486 e. The molecule has 3 rings (SSSR count). The van der Waals surface area contributed by atoms with Crippen LogP contribution in [-0.2, 0) is 4.79 Å². The lowest BCUT2D eigenvalue weighted by molar-refractivity contribution is -0.125. The number of para-hydroxylation sites is 2. The first kappa shape index (κ1) is 11.6. The van der Waals surface area contributed by atoms with Crippen LogP contribution in [0.3, 0.4) is 0 Å². The molecule has 1 aliphatic heterocycles. The molecule has 0 spiro atoms. The van der Waals surface area contributed by atoms with Gasteiger partial charge in [-0.05, 0) is 31.4 Å². The molecule has 1 aromatic carbocycles. The van der Waals surface area contributed by atoms with E-state index < -0.39 is 0 Å². The summed E-state index contributed by atoms with van der Waals surface area (Å²) in [7, 11) is 0. The Morgan fingerprint density at radius 3 is 2.83 bits per heavy atom. The lowest BCUT2D eigenvalue weighted by atomic mass is 9.84. The van der Waals surface area contributed by atoms with Gasteiger partial charge in [0.05, 0.1) is 12.2 Å². The Morgan fingerprint density at radius 1 is 1.39 bits per heavy atom. The van der Waals surface area contributed by atoms with Crippen LogP contribution in [-0.4, -0.2) is 18.6 Å². The number of ether oxygens (including phenoxy) is 1. The van der Waals surface area contributed by atoms with E-state index in [2.05, 4.69) is 6.92 Å². The fourth-order valence-electron chi connectivity index (χ4n) is 2.60. The predicted molar refractivity (Wildman–Crippen MR) is 70.8 cm³/mol. The van der Waals surface area contributed by atoms with E-state index in [0.29, 0.717) is 6.54 Å². The molecule has 1 atom stereocenters. The van der Waals surface area contributed by atoms with E-state index in [4.69, 9.17) is 4.74 Å². The normalized spacial score (nSPS) is 22.9. The average Bonchev–Trinajstić information content (AvgIpc) is 2.35. The molecule has 1 heterocycles. The van der Waals surface area contributed by atoms with Crippen LogP contribution in [0.4, 0.5) is 5.69 Å². The van der Waals surface area contributed by atoms with Gasteiger partial charge in [-0.3, -0.25) is 4.79 Å². The van der Waals surface area contributed by atoms with E-state index in [1.54, 1.807) is 0 Å². The first-order valence-electron chi connectivity index (χ1n) is 6.86. The fraction of sp³-hybridized carbons (Fsp3) is 0.533. The molecule has 3 nitrogen and oxygen atoms in total. The van der Waals surface area contributed by atoms with Crippen molar-refractivity contribution in [1.82, 2.24) is 0 Å². The summed E-state index contributed by atoms with van der Waals surface area (Å²) in [6.45, 7) is 2.80. The van der Waals surface area contributed by atoms with Gasteiger partial charge in [0.25, 0.3) is 0 Å². The second-order valence-electron chi connectivity index (χ2n) is 5.19. The van der Waals surface area contributed by atoms with E-state index in [1.807, 2.05) is 29.2 Å². The SMILES string of the molecule is CCC1CN(C(=O)C2CCC2)c2ccccc2O1. The summed E-state index contributed by atoms with van der Waals surface area (Å²) in [6, 6.07) is 7.87. The zero-order valence-electron chi connectivity index (χ0n) is 10.8. The Bertz CT molecular complexity index is 454. The van der Waals surface area contributed by atoms with Crippen molar-refractivity contribution in [3.63, 3.8) is 0 Å². The first-order valence-corrected chi connectivity index (χ1v) is 6.86. The maximum absolute atomic E-state index is 12.5. The van der Waals surface area contributed by atoms with Crippen LogP contribution in [0.25, 0.3) is 0 Å². The largest absolute Gasteiger partial charge is 0.486 e. The Hall–Kier alpha value is -1.51. The molecule has 1 saturated carbocycles. The highest BCUT2D eigenvalue weighted by atomic mass is 16.5. The highest BCUT2D eigenvalue weighted by molar-refractivity contribution is 5.97. The number of rotatable bonds is 2. The van der Waals surface area contributed by atoms with Gasteiger partial charge in [-0.2, -0.15) is 0 Å². The third-order valence-corrected chi connectivity index (χ3v) is 4.01. The molecule has 0 N–H and O–H groups in total. The lowest BCUT2D eigenvalue weighted by Gasteiger charge is -2.38. The molecule has 1 aliphatic carbocycles. The van der Waals surface area contributed by atoms with Gasteiger partial charge in [-0.15, -0.1) is 0 Å². The predicted octanol–water partition coefficient (Wildman–Crippen LogP) is 2.99. The molecule has 1 amide bonds. The summed E-state index contributed by atoms with van der Waals surface area (Å²) in [5.74, 6) is 1.38. The number of hydrogen-bond donors (Lipinski definition) is 0. The number of benzene rings is 1. The molecule has 96 valence electrons. The summed E-state index contributed by atoms with van der Waals surface area (Å²) in [6.07, 6.45) is 4.36. The molecule has 0 radical (unpaired) electrons. The Labute approximate surface area is 108 Å². The summed E-state index contributed by atoms with van der Waals surface area (Å²) < 4.78 is 5.90. The van der Waals surface area contributed by atoms with Crippen molar-refractivity contribution in [1.29, 1.82) is 0 Å². The maximum Gasteiger partial charge on any atom is 0.230 e. The topological polar surface area (TPSA) is 29.5 Å². The maximum atomic E-state index is 12.5. The fourth-order valence-corrected chi connectivity index (χ4v) is 2.60. The van der Waals surface area contributed by atoms with Crippen molar-refractivity contribution >= 4 is 11.6 Å². The molecule has 3 heteroatoms. The second-order valence-corrected chi connectivity index (χ2v) is 5.19. The van der Waals surface area contributed by atoms with Gasteiger partial charge in [0, 0.05) is 5.92 Å². The number of nitrogens with zero attached hydrogens (tertiary/aromatic N) is 1. The van der Waals surface area contributed by atoms with Gasteiger partial charge in [0.1, 0.15) is 11.9 Å². The smallest absolute Gasteiger partial charge is 0.230 e. The molecular formula is C15H19NO2. The minimum absolute atomic E-state index is 0.129. The molecule has 18 heavy (non-hydrogen) atoms. The molecular weight excluding hydrogens is 226 g/mol. The first-order chi connectivity index (χ1) is 8.79. The van der Waals surface area contributed by atoms with Crippen molar-refractivity contribution in [3.8, 4) is 5.75 Å². The molecule has 1 aromatic rings. The van der Waals surface area contributed by atoms with E-state index in [9.17, 15) is 4.79 Å². The van der Waals surface area contributed by atoms with Crippen LogP contribution in [0.15, 0.2) is 24.3 Å². The van der Waals surface area contributed by atoms with E-state index in [1.165, 1.54) is 6.42 Å². The Kier molecular flexibility index (Phi) is 2.98. The van der Waals surface area contributed by atoms with Crippen LogP contribution in [0, 0.1) is 5.92 Å². The monoisotopic (exact) mass is 245 g/mol. The summed E-state index contributed by atoms with van der Waals surface area (Å²) in [4.78, 5) is 14.4. The zero-order valence-corrected chi connectivity index (χ0v) is 10.8. The molecule has 0 saturated heterocycles. The molecule has 0 bridgehead atoms. The molecule has 2 aliphatic rings. The number of fused-ring (bicyclic) bond motifs is 1. The molecule has 1 fully saturated rings. The Balaban J connectivity index is 1.90. The third kappa shape index (κ3) is 1.88. The standard InChI is InChI=1S/C15H19NO2/c1-2-12-10-16(15(17)11-6-5-7-11)13-8-3-4-9-14(13)18-12/h3-4,8-9,11-12H,2,5-7,10H2,1H3. The molecule has 0 aromatic heterocycles. The van der Waals surface area contributed by atoms with Gasteiger partial charge >= 0.3 is 0 Å². The zero-order chi connectivity index (χ0) is 12.5. The van der Waals surface area contributed by atoms with Crippen molar-refractivity contribution in [2.75, 3.05) is 11.4 Å². The van der Waals surface area contributed by atoms with E-state index in [0.717, 1.165) is 30.7 Å². The van der Waals surface area contributed by atoms with Crippen molar-refractivity contribution < 1.29 is 9.53 Å². The van der Waals surface area contributed by atoms with Crippen LogP contribution in [0.1, 0.15) is 32.6 Å². The van der Waals surface area contributed by atoms with Crippen LogP contribution in [0.5, 0.6) is 5.75 Å². The van der Waals surface area contributed by atoms with Crippen LogP contribution >= 0.6 is 0 Å². The number of carbonyl (C=O) groups excluding carboxylic acids is 1. The summed E-state index contributed by atoms with van der Waals surface area (Å²) in [5.41, 5.74) is 0.944. The lowest BCUT2D eigenvalue weighted by Crippen LogP contribution is -2.47. The van der Waals surface area contributed by atoms with Gasteiger partial charge in [-0.25, -0.2) is 0 Å². The highest BCUT2D eigenvalue weighted by Crippen LogP contribution is 2.37. The van der Waals surface area contributed by atoms with Gasteiger partial charge in [-0.1, -0.05) is 25.5 Å². The van der Waals surface area contributed by atoms with E-state index in [-0.39, 0.29) is 17.9 Å². The van der Waals surface area contributed by atoms with Gasteiger partial charge < -0.3 is 9.64 Å². The quantitative estimate of drug-likeness (QED) is 0.801. The van der Waals surface area contributed by atoms with Gasteiger partial charge in [0.15, 0.2) is 0 Å². The number of carbonyl (C=O) groups is 1. The van der Waals surface area contributed by atoms with Crippen molar-refractivity contribution in [2.24, 2.45) is 5.92 Å². The average molecular weight is 245 g/mol. The third-order valence-electron chi connectivity index (χ3n) is 4.01. The number of hydrogen-bond acceptors (Lipinski definition) is 2. The highest BCUT2D eigenvalue weighted by Gasteiger charge is 2.34. The van der Waals surface area contributed by atoms with Crippen LogP contribution in [0.2, 0.25) is 0 Å². The minimum atomic E-state index is 0.129. The van der Waals surface area contributed by atoms with Gasteiger partial charge in [0.2, 0.25) is 5.91 Å². The second kappa shape index (κ2) is 4.63. The summed E-state index contributed by atoms with van der Waals surface area (Å²) in [5, 5.41) is 0. The van der Waals surface area contributed by atoms with E-state index >= 15 is 0 Å².